The lowest BCUT2D eigenvalue weighted by Crippen LogP contribution is -2.33. The molecule has 0 atom stereocenters. The summed E-state index contributed by atoms with van der Waals surface area (Å²) in [6.07, 6.45) is 5.48. The quantitative estimate of drug-likeness (QED) is 0.818. The van der Waals surface area contributed by atoms with Crippen LogP contribution in [0.15, 0.2) is 24.3 Å². The van der Waals surface area contributed by atoms with Crippen LogP contribution in [0.4, 0.5) is 0 Å². The molecule has 1 aromatic carbocycles. The monoisotopic (exact) mass is 294 g/mol. The Morgan fingerprint density at radius 2 is 1.85 bits per heavy atom. The second-order valence-corrected chi connectivity index (χ2v) is 5.85. The molecule has 0 radical (unpaired) electrons. The van der Waals surface area contributed by atoms with Gasteiger partial charge in [0, 0.05) is 11.6 Å². The molecule has 0 saturated carbocycles. The van der Waals surface area contributed by atoms with Crippen LogP contribution in [0.2, 0.25) is 5.02 Å². The lowest BCUT2D eigenvalue weighted by molar-refractivity contribution is -0.120. The predicted molar refractivity (Wildman–Crippen MR) is 83.1 cm³/mol. The third-order valence-corrected chi connectivity index (χ3v) is 3.95. The highest BCUT2D eigenvalue weighted by Gasteiger charge is 2.09. The minimum atomic E-state index is 0.0889. The highest BCUT2D eigenvalue weighted by atomic mass is 35.5. The number of carbonyl (C=O) groups excluding carboxylic acids is 1. The molecule has 1 N–H and O–H groups in total. The minimum absolute atomic E-state index is 0.0889. The van der Waals surface area contributed by atoms with Gasteiger partial charge in [0.15, 0.2) is 0 Å². The van der Waals surface area contributed by atoms with Gasteiger partial charge in [-0.1, -0.05) is 30.2 Å². The van der Waals surface area contributed by atoms with Crippen molar-refractivity contribution in [3.05, 3.63) is 34.9 Å². The van der Waals surface area contributed by atoms with E-state index < -0.39 is 0 Å². The molecule has 0 unspecified atom stereocenters. The van der Waals surface area contributed by atoms with Crippen molar-refractivity contribution in [3.63, 3.8) is 0 Å². The smallest absolute Gasteiger partial charge is 0.224 e. The number of hydrogen-bond donors (Lipinski definition) is 1. The maximum Gasteiger partial charge on any atom is 0.224 e. The van der Waals surface area contributed by atoms with E-state index in [0.717, 1.165) is 25.1 Å². The van der Waals surface area contributed by atoms with E-state index in [4.69, 9.17) is 11.6 Å². The largest absolute Gasteiger partial charge is 0.356 e. The van der Waals surface area contributed by atoms with Gasteiger partial charge >= 0.3 is 0 Å². The van der Waals surface area contributed by atoms with Gasteiger partial charge in [-0.2, -0.15) is 0 Å². The van der Waals surface area contributed by atoms with Gasteiger partial charge in [0.25, 0.3) is 0 Å². The fourth-order valence-electron chi connectivity index (χ4n) is 2.56. The lowest BCUT2D eigenvalue weighted by Gasteiger charge is -2.26. The van der Waals surface area contributed by atoms with Crippen molar-refractivity contribution in [2.45, 2.75) is 32.1 Å². The van der Waals surface area contributed by atoms with Crippen molar-refractivity contribution >= 4 is 17.5 Å². The summed E-state index contributed by atoms with van der Waals surface area (Å²) in [5, 5.41) is 3.69. The fourth-order valence-corrected chi connectivity index (χ4v) is 2.69. The zero-order valence-electron chi connectivity index (χ0n) is 11.9. The Morgan fingerprint density at radius 3 is 2.55 bits per heavy atom. The number of hydrogen-bond acceptors (Lipinski definition) is 2. The number of benzene rings is 1. The average molecular weight is 295 g/mol. The van der Waals surface area contributed by atoms with Crippen LogP contribution < -0.4 is 5.32 Å². The summed E-state index contributed by atoms with van der Waals surface area (Å²) in [5.41, 5.74) is 1.00. The van der Waals surface area contributed by atoms with Gasteiger partial charge in [0.2, 0.25) is 5.91 Å². The van der Waals surface area contributed by atoms with Crippen molar-refractivity contribution < 1.29 is 4.79 Å². The Hall–Kier alpha value is -1.06. The third-order valence-electron chi connectivity index (χ3n) is 3.70. The first-order valence-electron chi connectivity index (χ1n) is 7.47. The number of amides is 1. The molecular formula is C16H23ClN2O. The minimum Gasteiger partial charge on any atom is -0.356 e. The van der Waals surface area contributed by atoms with E-state index in [0.29, 0.717) is 11.4 Å². The number of likely N-dealkylation sites (tertiary alicyclic amines) is 1. The summed E-state index contributed by atoms with van der Waals surface area (Å²) in [6.45, 7) is 4.31. The molecule has 20 heavy (non-hydrogen) atoms. The van der Waals surface area contributed by atoms with E-state index in [-0.39, 0.29) is 5.91 Å². The highest BCUT2D eigenvalue weighted by molar-refractivity contribution is 6.30. The van der Waals surface area contributed by atoms with Crippen molar-refractivity contribution in [2.75, 3.05) is 26.2 Å². The average Bonchev–Trinajstić information content (AvgIpc) is 2.47. The van der Waals surface area contributed by atoms with Crippen LogP contribution in [-0.2, 0) is 11.2 Å². The molecule has 1 aliphatic rings. The fraction of sp³-hybridized carbons (Fsp3) is 0.562. The van der Waals surface area contributed by atoms with Crippen LogP contribution in [-0.4, -0.2) is 37.0 Å². The van der Waals surface area contributed by atoms with E-state index in [1.54, 1.807) is 0 Å². The Balaban J connectivity index is 1.59. The number of carbonyl (C=O) groups is 1. The summed E-state index contributed by atoms with van der Waals surface area (Å²) >= 11 is 5.82. The van der Waals surface area contributed by atoms with Crippen molar-refractivity contribution in [3.8, 4) is 0 Å². The van der Waals surface area contributed by atoms with Gasteiger partial charge in [0.1, 0.15) is 0 Å². The van der Waals surface area contributed by atoms with Gasteiger partial charge in [-0.3, -0.25) is 4.79 Å². The van der Waals surface area contributed by atoms with Crippen LogP contribution in [0.3, 0.4) is 0 Å². The molecule has 1 fully saturated rings. The van der Waals surface area contributed by atoms with Gasteiger partial charge in [0.05, 0.1) is 6.42 Å². The van der Waals surface area contributed by atoms with Crippen LogP contribution in [0, 0.1) is 0 Å². The number of piperidine rings is 1. The number of nitrogens with one attached hydrogen (secondary N) is 1. The molecule has 0 bridgehead atoms. The van der Waals surface area contributed by atoms with Crippen molar-refractivity contribution in [2.24, 2.45) is 0 Å². The van der Waals surface area contributed by atoms with E-state index in [1.807, 2.05) is 24.3 Å². The van der Waals surface area contributed by atoms with Crippen LogP contribution in [0.5, 0.6) is 0 Å². The van der Waals surface area contributed by atoms with E-state index in [9.17, 15) is 4.79 Å². The molecule has 1 aliphatic heterocycles. The summed E-state index contributed by atoms with van der Waals surface area (Å²) in [6, 6.07) is 7.44. The Labute approximate surface area is 126 Å². The molecule has 1 aromatic rings. The molecule has 110 valence electrons. The van der Waals surface area contributed by atoms with Gasteiger partial charge < -0.3 is 10.2 Å². The molecular weight excluding hydrogens is 272 g/mol. The van der Waals surface area contributed by atoms with Crippen molar-refractivity contribution in [1.29, 1.82) is 0 Å². The third kappa shape index (κ3) is 5.51. The SMILES string of the molecule is O=C(Cc1ccc(Cl)cc1)NCCCN1CCCCC1. The first-order valence-corrected chi connectivity index (χ1v) is 7.85. The number of nitrogens with zero attached hydrogens (tertiary/aromatic N) is 1. The predicted octanol–water partition coefficient (Wildman–Crippen LogP) is 2.87. The molecule has 3 nitrogen and oxygen atoms in total. The maximum absolute atomic E-state index is 11.8. The topological polar surface area (TPSA) is 32.3 Å². The van der Waals surface area contributed by atoms with Crippen molar-refractivity contribution in [1.82, 2.24) is 10.2 Å². The van der Waals surface area contributed by atoms with E-state index in [1.165, 1.54) is 32.4 Å². The first-order chi connectivity index (χ1) is 9.74. The molecule has 1 amide bonds. The summed E-state index contributed by atoms with van der Waals surface area (Å²) < 4.78 is 0. The molecule has 1 heterocycles. The Bertz CT molecular complexity index is 413. The zero-order valence-corrected chi connectivity index (χ0v) is 12.7. The molecule has 0 aliphatic carbocycles. The van der Waals surface area contributed by atoms with E-state index >= 15 is 0 Å². The summed E-state index contributed by atoms with van der Waals surface area (Å²) in [5.74, 6) is 0.0889. The highest BCUT2D eigenvalue weighted by Crippen LogP contribution is 2.10. The molecule has 4 heteroatoms. The number of halogens is 1. The van der Waals surface area contributed by atoms with E-state index in [2.05, 4.69) is 10.2 Å². The van der Waals surface area contributed by atoms with Gasteiger partial charge in [-0.15, -0.1) is 0 Å². The lowest BCUT2D eigenvalue weighted by atomic mass is 10.1. The second-order valence-electron chi connectivity index (χ2n) is 5.41. The first kappa shape index (κ1) is 15.3. The molecule has 1 saturated heterocycles. The Kier molecular flexibility index (Phi) is 6.34. The Morgan fingerprint density at radius 1 is 1.15 bits per heavy atom. The van der Waals surface area contributed by atoms with Crippen LogP contribution in [0.1, 0.15) is 31.2 Å². The molecule has 2 rings (SSSR count). The standard InChI is InChI=1S/C16H23ClN2O/c17-15-7-5-14(6-8-15)13-16(20)18-9-4-12-19-10-2-1-3-11-19/h5-8H,1-4,9-13H2,(H,18,20). The number of rotatable bonds is 6. The second kappa shape index (κ2) is 8.28. The normalized spacial score (nSPS) is 16.1. The van der Waals surface area contributed by atoms with Crippen LogP contribution in [0.25, 0.3) is 0 Å². The summed E-state index contributed by atoms with van der Waals surface area (Å²) in [7, 11) is 0. The van der Waals surface area contributed by atoms with Gasteiger partial charge in [-0.25, -0.2) is 0 Å². The molecule has 0 aromatic heterocycles. The maximum atomic E-state index is 11.8. The van der Waals surface area contributed by atoms with Gasteiger partial charge in [-0.05, 0) is 56.6 Å². The molecule has 0 spiro atoms. The zero-order chi connectivity index (χ0) is 14.2. The van der Waals surface area contributed by atoms with Crippen LogP contribution >= 0.6 is 11.6 Å². The summed E-state index contributed by atoms with van der Waals surface area (Å²) in [4.78, 5) is 14.3.